The van der Waals surface area contributed by atoms with Gasteiger partial charge in [0.05, 0.1) is 5.56 Å². The highest BCUT2D eigenvalue weighted by molar-refractivity contribution is 6.28. The molecule has 0 saturated heterocycles. The summed E-state index contributed by atoms with van der Waals surface area (Å²) in [6.45, 7) is 0. The van der Waals surface area contributed by atoms with E-state index in [-0.39, 0.29) is 11.6 Å². The van der Waals surface area contributed by atoms with Gasteiger partial charge in [0.15, 0.2) is 11.6 Å². The van der Waals surface area contributed by atoms with Crippen LogP contribution in [0.5, 0.6) is 0 Å². The smallest absolute Gasteiger partial charge is 0.287 e. The molecule has 1 aliphatic rings. The number of fused-ring (bicyclic) bond motifs is 2. The van der Waals surface area contributed by atoms with Crippen molar-refractivity contribution in [1.29, 1.82) is 0 Å². The van der Waals surface area contributed by atoms with E-state index < -0.39 is 0 Å². The van der Waals surface area contributed by atoms with Gasteiger partial charge in [0.2, 0.25) is 0 Å². The van der Waals surface area contributed by atoms with Crippen LogP contribution < -0.4 is 0 Å². The van der Waals surface area contributed by atoms with Crippen molar-refractivity contribution in [3.05, 3.63) is 75.8 Å². The fourth-order valence-corrected chi connectivity index (χ4v) is 2.26. The Morgan fingerprint density at radius 2 is 1.42 bits per heavy atom. The fourth-order valence-electron chi connectivity index (χ4n) is 2.26. The molecule has 2 aromatic carbocycles. The summed E-state index contributed by atoms with van der Waals surface area (Å²) in [5.41, 5.74) is 10.7. The van der Waals surface area contributed by atoms with E-state index in [9.17, 15) is 9.59 Å². The van der Waals surface area contributed by atoms with Crippen LogP contribution in [-0.2, 0) is 0 Å². The predicted molar refractivity (Wildman–Crippen MR) is 68.5 cm³/mol. The van der Waals surface area contributed by atoms with Gasteiger partial charge in [0.25, 0.3) is 6.21 Å². The molecule has 0 fully saturated rings. The summed E-state index contributed by atoms with van der Waals surface area (Å²) >= 11 is 0. The monoisotopic (exact) mass is 248 g/mol. The van der Waals surface area contributed by atoms with E-state index >= 15 is 0 Å². The minimum absolute atomic E-state index is 0.155. The molecule has 2 aromatic rings. The first kappa shape index (κ1) is 11.3. The lowest BCUT2D eigenvalue weighted by Crippen LogP contribution is -2.20. The number of hydrogen-bond donors (Lipinski definition) is 0. The lowest BCUT2D eigenvalue weighted by molar-refractivity contribution is 0.00455. The number of carbonyl (C=O) groups excluding carboxylic acids is 2. The lowest BCUT2D eigenvalue weighted by Gasteiger charge is -2.16. The molecular weight excluding hydrogens is 240 g/mol. The molecule has 4 nitrogen and oxygen atoms in total. The highest BCUT2D eigenvalue weighted by atomic mass is 16.1. The molecule has 0 bridgehead atoms. The topological polar surface area (TPSA) is 70.5 Å². The molecule has 0 atom stereocenters. The quantitative estimate of drug-likeness (QED) is 0.376. The van der Waals surface area contributed by atoms with Crippen LogP contribution in [0.4, 0.5) is 0 Å². The Morgan fingerprint density at radius 3 is 2.05 bits per heavy atom. The molecule has 0 radical (unpaired) electrons. The number of benzene rings is 2. The van der Waals surface area contributed by atoms with Crippen molar-refractivity contribution in [2.45, 2.75) is 0 Å². The van der Waals surface area contributed by atoms with Gasteiger partial charge >= 0.3 is 0 Å². The first-order chi connectivity index (χ1) is 9.22. The number of rotatable bonds is 1. The van der Waals surface area contributed by atoms with Gasteiger partial charge in [0, 0.05) is 22.3 Å². The molecule has 0 N–H and O–H groups in total. The van der Waals surface area contributed by atoms with Crippen molar-refractivity contribution in [2.75, 3.05) is 0 Å². The van der Waals surface area contributed by atoms with E-state index in [4.69, 9.17) is 5.53 Å². The Hall–Kier alpha value is -2.84. The lowest BCUT2D eigenvalue weighted by atomic mass is 9.83. The van der Waals surface area contributed by atoms with E-state index in [1.807, 2.05) is 0 Å². The third-order valence-corrected chi connectivity index (χ3v) is 3.16. The molecule has 0 unspecified atom stereocenters. The van der Waals surface area contributed by atoms with Crippen molar-refractivity contribution >= 4 is 17.8 Å². The van der Waals surface area contributed by atoms with E-state index in [1.165, 1.54) is 6.21 Å². The average molecular weight is 248 g/mol. The van der Waals surface area contributed by atoms with Crippen molar-refractivity contribution in [1.82, 2.24) is 0 Å². The van der Waals surface area contributed by atoms with Crippen molar-refractivity contribution in [3.8, 4) is 0 Å². The van der Waals surface area contributed by atoms with Crippen molar-refractivity contribution in [2.24, 2.45) is 0 Å². The third kappa shape index (κ3) is 1.63. The minimum atomic E-state index is -0.182. The molecular formula is C15H8N2O2. The maximum Gasteiger partial charge on any atom is 0.287 e. The van der Waals surface area contributed by atoms with Gasteiger partial charge in [0.1, 0.15) is 0 Å². The van der Waals surface area contributed by atoms with Gasteiger partial charge < -0.3 is 5.53 Å². The SMILES string of the molecule is [N-]=[N+]=Cc1ccc2c(c1)C(=O)c1ccccc1C2=O. The highest BCUT2D eigenvalue weighted by Crippen LogP contribution is 2.27. The Bertz CT molecular complexity index is 771. The zero-order valence-electron chi connectivity index (χ0n) is 9.83. The fraction of sp³-hybridized carbons (Fsp3) is 0. The zero-order valence-corrected chi connectivity index (χ0v) is 9.83. The molecule has 0 aliphatic heterocycles. The number of nitrogens with zero attached hydrogens (tertiary/aromatic N) is 2. The first-order valence-electron chi connectivity index (χ1n) is 5.72. The molecule has 0 spiro atoms. The van der Waals surface area contributed by atoms with E-state index in [0.29, 0.717) is 27.8 Å². The summed E-state index contributed by atoms with van der Waals surface area (Å²) in [6, 6.07) is 11.5. The van der Waals surface area contributed by atoms with Gasteiger partial charge in [-0.05, 0) is 18.2 Å². The van der Waals surface area contributed by atoms with Crippen molar-refractivity contribution < 1.29 is 14.4 Å². The van der Waals surface area contributed by atoms with E-state index in [2.05, 4.69) is 4.79 Å². The Balaban J connectivity index is 2.26. The molecule has 90 valence electrons. The maximum atomic E-state index is 12.4. The van der Waals surface area contributed by atoms with E-state index in [0.717, 1.165) is 0 Å². The Morgan fingerprint density at radius 1 is 0.842 bits per heavy atom. The molecule has 3 rings (SSSR count). The van der Waals surface area contributed by atoms with Gasteiger partial charge in [-0.15, -0.1) is 0 Å². The average Bonchev–Trinajstić information content (AvgIpc) is 2.45. The maximum absolute atomic E-state index is 12.4. The summed E-state index contributed by atoms with van der Waals surface area (Å²) < 4.78 is 0. The van der Waals surface area contributed by atoms with Gasteiger partial charge in [-0.3, -0.25) is 9.59 Å². The second-order valence-corrected chi connectivity index (χ2v) is 4.25. The Kier molecular flexibility index (Phi) is 2.44. The summed E-state index contributed by atoms with van der Waals surface area (Å²) in [7, 11) is 0. The second-order valence-electron chi connectivity index (χ2n) is 4.25. The summed E-state index contributed by atoms with van der Waals surface area (Å²) in [5.74, 6) is -0.337. The van der Waals surface area contributed by atoms with Crippen LogP contribution in [0.1, 0.15) is 37.4 Å². The molecule has 0 heterocycles. The van der Waals surface area contributed by atoms with Gasteiger partial charge in [-0.1, -0.05) is 24.3 Å². The predicted octanol–water partition coefficient (Wildman–Crippen LogP) is 2.11. The van der Waals surface area contributed by atoms with Crippen LogP contribution >= 0.6 is 0 Å². The highest BCUT2D eigenvalue weighted by Gasteiger charge is 2.29. The number of hydrogen-bond acceptors (Lipinski definition) is 2. The molecule has 0 aromatic heterocycles. The van der Waals surface area contributed by atoms with Crippen LogP contribution in [0.15, 0.2) is 42.5 Å². The van der Waals surface area contributed by atoms with Gasteiger partial charge in [-0.2, -0.15) is 4.79 Å². The van der Waals surface area contributed by atoms with Gasteiger partial charge in [-0.25, -0.2) is 0 Å². The largest absolute Gasteiger partial charge is 0.361 e. The standard InChI is InChI=1S/C15H8N2O2/c16-17-8-9-5-6-12-13(7-9)15(19)11-4-2-1-3-10(11)14(12)18/h1-8H. The molecule has 0 amide bonds. The minimum Gasteiger partial charge on any atom is -0.361 e. The van der Waals surface area contributed by atoms with Crippen LogP contribution in [0.3, 0.4) is 0 Å². The van der Waals surface area contributed by atoms with Crippen LogP contribution in [0.25, 0.3) is 5.53 Å². The summed E-state index contributed by atoms with van der Waals surface area (Å²) in [5, 5.41) is 0. The first-order valence-corrected chi connectivity index (χ1v) is 5.72. The molecule has 1 aliphatic carbocycles. The second kappa shape index (κ2) is 4.12. The summed E-state index contributed by atoms with van der Waals surface area (Å²) in [4.78, 5) is 27.6. The van der Waals surface area contributed by atoms with E-state index in [1.54, 1.807) is 42.5 Å². The van der Waals surface area contributed by atoms with Crippen LogP contribution in [-0.4, -0.2) is 22.6 Å². The normalized spacial score (nSPS) is 12.4. The molecule has 19 heavy (non-hydrogen) atoms. The van der Waals surface area contributed by atoms with Crippen LogP contribution in [0.2, 0.25) is 0 Å². The number of carbonyl (C=O) groups is 2. The molecule has 4 heteroatoms. The number of ketones is 2. The van der Waals surface area contributed by atoms with Crippen LogP contribution in [0, 0.1) is 0 Å². The molecule has 0 saturated carbocycles. The van der Waals surface area contributed by atoms with Crippen molar-refractivity contribution in [3.63, 3.8) is 0 Å². The third-order valence-electron chi connectivity index (χ3n) is 3.16. The zero-order chi connectivity index (χ0) is 13.4. The summed E-state index contributed by atoms with van der Waals surface area (Å²) in [6.07, 6.45) is 1.22. The Labute approximate surface area is 108 Å².